The third kappa shape index (κ3) is 5.26. The molecule has 21 heavy (non-hydrogen) atoms. The first-order valence-corrected chi connectivity index (χ1v) is 7.90. The topological polar surface area (TPSA) is 58.4 Å². The summed E-state index contributed by atoms with van der Waals surface area (Å²) in [5.41, 5.74) is 0.866. The molecule has 116 valence electrons. The Morgan fingerprint density at radius 3 is 2.62 bits per heavy atom. The minimum Gasteiger partial charge on any atom is -0.311 e. The van der Waals surface area contributed by atoms with Crippen molar-refractivity contribution >= 4 is 17.3 Å². The molecule has 0 unspecified atom stereocenters. The third-order valence-electron chi connectivity index (χ3n) is 3.86. The number of nitro groups is 1. The van der Waals surface area contributed by atoms with Gasteiger partial charge in [0.1, 0.15) is 0 Å². The first kappa shape index (κ1) is 16.2. The Bertz CT molecular complexity index is 474. The minimum absolute atomic E-state index is 0.0868. The van der Waals surface area contributed by atoms with E-state index in [4.69, 9.17) is 11.6 Å². The van der Waals surface area contributed by atoms with E-state index in [1.165, 1.54) is 44.8 Å². The molecular weight excluding hydrogens is 290 g/mol. The Morgan fingerprint density at radius 2 is 1.95 bits per heavy atom. The minimum atomic E-state index is -0.392. The highest BCUT2D eigenvalue weighted by molar-refractivity contribution is 6.31. The second-order valence-corrected chi connectivity index (χ2v) is 5.87. The van der Waals surface area contributed by atoms with Crippen molar-refractivity contribution in [2.45, 2.75) is 32.2 Å². The molecule has 0 amide bonds. The fourth-order valence-electron chi connectivity index (χ4n) is 2.63. The Kier molecular flexibility index (Phi) is 6.42. The molecule has 0 spiro atoms. The van der Waals surface area contributed by atoms with Crippen LogP contribution in [0.2, 0.25) is 5.02 Å². The predicted octanol–water partition coefficient (Wildman–Crippen LogP) is 3.21. The molecule has 0 bridgehead atoms. The normalized spacial score (nSPS) is 16.6. The Balaban J connectivity index is 1.77. The number of benzene rings is 1. The van der Waals surface area contributed by atoms with Gasteiger partial charge in [0.15, 0.2) is 0 Å². The van der Waals surface area contributed by atoms with Gasteiger partial charge in [0.25, 0.3) is 5.69 Å². The van der Waals surface area contributed by atoms with Crippen LogP contribution in [-0.2, 0) is 6.54 Å². The van der Waals surface area contributed by atoms with Crippen LogP contribution < -0.4 is 5.32 Å². The quantitative estimate of drug-likeness (QED) is 0.498. The number of hydrogen-bond donors (Lipinski definition) is 1. The summed E-state index contributed by atoms with van der Waals surface area (Å²) in [5.74, 6) is 0. The van der Waals surface area contributed by atoms with Crippen molar-refractivity contribution in [3.8, 4) is 0 Å². The molecule has 1 aromatic carbocycles. The Morgan fingerprint density at radius 1 is 1.24 bits per heavy atom. The molecular formula is C15H22ClN3O2. The van der Waals surface area contributed by atoms with E-state index in [0.717, 1.165) is 18.7 Å². The van der Waals surface area contributed by atoms with Crippen molar-refractivity contribution in [3.05, 3.63) is 38.9 Å². The van der Waals surface area contributed by atoms with E-state index in [-0.39, 0.29) is 5.69 Å². The fourth-order valence-corrected chi connectivity index (χ4v) is 2.81. The lowest BCUT2D eigenvalue weighted by Gasteiger charge is -2.19. The largest absolute Gasteiger partial charge is 0.311 e. The summed E-state index contributed by atoms with van der Waals surface area (Å²) in [6.07, 6.45) is 5.26. The van der Waals surface area contributed by atoms with Gasteiger partial charge in [-0.05, 0) is 37.6 Å². The second kappa shape index (κ2) is 8.32. The smallest absolute Gasteiger partial charge is 0.269 e. The van der Waals surface area contributed by atoms with E-state index in [1.807, 2.05) is 0 Å². The lowest BCUT2D eigenvalue weighted by atomic mass is 10.2. The van der Waals surface area contributed by atoms with E-state index in [0.29, 0.717) is 11.6 Å². The second-order valence-electron chi connectivity index (χ2n) is 5.47. The fraction of sp³-hybridized carbons (Fsp3) is 0.600. The third-order valence-corrected chi connectivity index (χ3v) is 4.23. The van der Waals surface area contributed by atoms with Gasteiger partial charge >= 0.3 is 0 Å². The molecule has 6 heteroatoms. The number of likely N-dealkylation sites (tertiary alicyclic amines) is 1. The van der Waals surface area contributed by atoms with Gasteiger partial charge in [-0.2, -0.15) is 0 Å². The molecule has 1 aliphatic rings. The molecule has 0 radical (unpaired) electrons. The van der Waals surface area contributed by atoms with Gasteiger partial charge in [0.05, 0.1) is 4.92 Å². The molecule has 0 aromatic heterocycles. The molecule has 1 fully saturated rings. The van der Waals surface area contributed by atoms with Gasteiger partial charge in [0.2, 0.25) is 0 Å². The van der Waals surface area contributed by atoms with Crippen LogP contribution in [0.25, 0.3) is 0 Å². The maximum Gasteiger partial charge on any atom is 0.269 e. The molecule has 0 aliphatic carbocycles. The van der Waals surface area contributed by atoms with Crippen LogP contribution in [0.1, 0.15) is 31.2 Å². The van der Waals surface area contributed by atoms with Crippen molar-refractivity contribution < 1.29 is 4.92 Å². The molecule has 0 saturated carbocycles. The van der Waals surface area contributed by atoms with Gasteiger partial charge in [-0.1, -0.05) is 24.4 Å². The van der Waals surface area contributed by atoms with Crippen LogP contribution in [0, 0.1) is 10.1 Å². The van der Waals surface area contributed by atoms with Crippen molar-refractivity contribution in [2.75, 3.05) is 26.2 Å². The summed E-state index contributed by atoms with van der Waals surface area (Å²) < 4.78 is 0. The first-order chi connectivity index (χ1) is 10.2. The average molecular weight is 312 g/mol. The molecule has 5 nitrogen and oxygen atoms in total. The highest BCUT2D eigenvalue weighted by Gasteiger charge is 2.10. The van der Waals surface area contributed by atoms with Crippen molar-refractivity contribution in [2.24, 2.45) is 0 Å². The number of nitro benzene ring substituents is 1. The summed E-state index contributed by atoms with van der Waals surface area (Å²) in [4.78, 5) is 12.9. The van der Waals surface area contributed by atoms with Gasteiger partial charge in [-0.25, -0.2) is 0 Å². The molecule has 1 N–H and O–H groups in total. The van der Waals surface area contributed by atoms with Gasteiger partial charge < -0.3 is 10.2 Å². The SMILES string of the molecule is O=[N+]([O-])c1ccc(Cl)c(CNCCN2CCCCCC2)c1. The molecule has 1 heterocycles. The predicted molar refractivity (Wildman–Crippen MR) is 84.7 cm³/mol. The average Bonchev–Trinajstić information content (AvgIpc) is 2.73. The van der Waals surface area contributed by atoms with E-state index >= 15 is 0 Å². The first-order valence-electron chi connectivity index (χ1n) is 7.53. The summed E-state index contributed by atoms with van der Waals surface area (Å²) in [5, 5.41) is 14.7. The van der Waals surface area contributed by atoms with Crippen LogP contribution in [0.4, 0.5) is 5.69 Å². The summed E-state index contributed by atoms with van der Waals surface area (Å²) in [6.45, 7) is 4.82. The number of nitrogens with one attached hydrogen (secondary N) is 1. The van der Waals surface area contributed by atoms with Gasteiger partial charge in [0, 0.05) is 36.8 Å². The summed E-state index contributed by atoms with van der Waals surface area (Å²) >= 11 is 6.08. The van der Waals surface area contributed by atoms with Gasteiger partial charge in [-0.3, -0.25) is 10.1 Å². The van der Waals surface area contributed by atoms with Crippen LogP contribution in [0.3, 0.4) is 0 Å². The van der Waals surface area contributed by atoms with Crippen LogP contribution >= 0.6 is 11.6 Å². The lowest BCUT2D eigenvalue weighted by molar-refractivity contribution is -0.384. The number of nitrogens with zero attached hydrogens (tertiary/aromatic N) is 2. The Hall–Kier alpha value is -1.17. The van der Waals surface area contributed by atoms with E-state index in [2.05, 4.69) is 10.2 Å². The number of rotatable bonds is 6. The zero-order valence-corrected chi connectivity index (χ0v) is 12.9. The van der Waals surface area contributed by atoms with Crippen LogP contribution in [0.15, 0.2) is 18.2 Å². The summed E-state index contributed by atoms with van der Waals surface area (Å²) in [7, 11) is 0. The molecule has 1 saturated heterocycles. The molecule has 1 aromatic rings. The van der Waals surface area contributed by atoms with Crippen molar-refractivity contribution in [3.63, 3.8) is 0 Å². The number of hydrogen-bond acceptors (Lipinski definition) is 4. The van der Waals surface area contributed by atoms with Crippen molar-refractivity contribution in [1.82, 2.24) is 10.2 Å². The maximum atomic E-state index is 10.8. The molecule has 1 aliphatic heterocycles. The monoisotopic (exact) mass is 311 g/mol. The lowest BCUT2D eigenvalue weighted by Crippen LogP contribution is -2.32. The van der Waals surface area contributed by atoms with E-state index < -0.39 is 4.92 Å². The highest BCUT2D eigenvalue weighted by Crippen LogP contribution is 2.21. The summed E-state index contributed by atoms with van der Waals surface area (Å²) in [6, 6.07) is 4.57. The highest BCUT2D eigenvalue weighted by atomic mass is 35.5. The molecule has 0 atom stereocenters. The zero-order chi connectivity index (χ0) is 15.1. The number of non-ortho nitro benzene ring substituents is 1. The zero-order valence-electron chi connectivity index (χ0n) is 12.2. The standard InChI is InChI=1S/C15H22ClN3O2/c16-15-6-5-14(19(20)21)11-13(15)12-17-7-10-18-8-3-1-2-4-9-18/h5-6,11,17H,1-4,7-10,12H2. The van der Waals surface area contributed by atoms with Crippen molar-refractivity contribution in [1.29, 1.82) is 0 Å². The van der Waals surface area contributed by atoms with Crippen LogP contribution in [-0.4, -0.2) is 36.0 Å². The maximum absolute atomic E-state index is 10.8. The van der Waals surface area contributed by atoms with E-state index in [1.54, 1.807) is 12.1 Å². The molecule has 2 rings (SSSR count). The Labute approximate surface area is 130 Å². The van der Waals surface area contributed by atoms with Gasteiger partial charge in [-0.15, -0.1) is 0 Å². The van der Waals surface area contributed by atoms with E-state index in [9.17, 15) is 10.1 Å². The van der Waals surface area contributed by atoms with Crippen LogP contribution in [0.5, 0.6) is 0 Å². The number of halogens is 1.